The molecule has 3 aromatic rings. The van der Waals surface area contributed by atoms with Gasteiger partial charge in [0.2, 0.25) is 5.91 Å². The summed E-state index contributed by atoms with van der Waals surface area (Å²) in [6, 6.07) is 14.7. The van der Waals surface area contributed by atoms with Gasteiger partial charge in [-0.15, -0.1) is 11.3 Å². The monoisotopic (exact) mass is 423 g/mol. The van der Waals surface area contributed by atoms with Crippen LogP contribution in [0.5, 0.6) is 0 Å². The van der Waals surface area contributed by atoms with E-state index in [0.29, 0.717) is 4.88 Å². The van der Waals surface area contributed by atoms with E-state index in [0.717, 1.165) is 33.2 Å². The zero-order chi connectivity index (χ0) is 21.7. The van der Waals surface area contributed by atoms with Crippen LogP contribution >= 0.6 is 11.3 Å². The third-order valence-corrected chi connectivity index (χ3v) is 6.25. The molecule has 0 aliphatic heterocycles. The summed E-state index contributed by atoms with van der Waals surface area (Å²) >= 11 is 1.41. The average Bonchev–Trinajstić information content (AvgIpc) is 3.12. The minimum Gasteiger partial charge on any atom is -0.344 e. The fourth-order valence-electron chi connectivity index (χ4n) is 3.25. The van der Waals surface area contributed by atoms with Crippen LogP contribution in [0.25, 0.3) is 10.8 Å². The van der Waals surface area contributed by atoms with Crippen LogP contribution in [0.2, 0.25) is 0 Å². The highest BCUT2D eigenvalue weighted by atomic mass is 32.1. The Kier molecular flexibility index (Phi) is 6.84. The number of carbonyl (C=O) groups is 3. The normalized spacial score (nSPS) is 11.7. The molecule has 0 saturated heterocycles. The number of nitrogens with one attached hydrogen (secondary N) is 3. The van der Waals surface area contributed by atoms with Crippen LogP contribution in [0, 0.1) is 6.92 Å². The second-order valence-corrected chi connectivity index (χ2v) is 8.25. The molecule has 0 aliphatic rings. The summed E-state index contributed by atoms with van der Waals surface area (Å²) in [5, 5.41) is 4.75. The Morgan fingerprint density at radius 2 is 1.77 bits per heavy atom. The predicted octanol–water partition coefficient (Wildman–Crippen LogP) is 3.28. The third kappa shape index (κ3) is 5.04. The number of aryl methyl sites for hydroxylation is 2. The van der Waals surface area contributed by atoms with E-state index in [4.69, 9.17) is 0 Å². The molecule has 0 unspecified atom stereocenters. The molecule has 0 saturated carbocycles. The van der Waals surface area contributed by atoms with Gasteiger partial charge in [-0.2, -0.15) is 0 Å². The van der Waals surface area contributed by atoms with Gasteiger partial charge in [0.1, 0.15) is 6.04 Å². The number of thiophene rings is 1. The van der Waals surface area contributed by atoms with Crippen LogP contribution in [0.4, 0.5) is 0 Å². The van der Waals surface area contributed by atoms with E-state index in [2.05, 4.69) is 16.2 Å². The SMILES string of the molecule is CCc1sc(C(=O)NNC(=O)[C@H](C)NC(=O)Cc2cccc3ccccc23)cc1C. The third-order valence-electron chi connectivity index (χ3n) is 4.87. The molecule has 3 N–H and O–H groups in total. The maximum atomic E-state index is 12.4. The van der Waals surface area contributed by atoms with Gasteiger partial charge in [-0.25, -0.2) is 0 Å². The summed E-state index contributed by atoms with van der Waals surface area (Å²) in [6.45, 7) is 5.57. The first kappa shape index (κ1) is 21.5. The Hall–Kier alpha value is -3.19. The number of hydrogen-bond acceptors (Lipinski definition) is 4. The number of benzene rings is 2. The lowest BCUT2D eigenvalue weighted by molar-refractivity contribution is -0.128. The molecule has 0 fully saturated rings. The number of fused-ring (bicyclic) bond motifs is 1. The van der Waals surface area contributed by atoms with Gasteiger partial charge < -0.3 is 5.32 Å². The first-order chi connectivity index (χ1) is 14.4. The number of rotatable bonds is 6. The fourth-order valence-corrected chi connectivity index (χ4v) is 4.26. The molecule has 3 rings (SSSR count). The molecular weight excluding hydrogens is 398 g/mol. The van der Waals surface area contributed by atoms with Crippen molar-refractivity contribution in [3.63, 3.8) is 0 Å². The number of hydrazine groups is 1. The Morgan fingerprint density at radius 3 is 2.50 bits per heavy atom. The minimum atomic E-state index is -0.788. The number of carbonyl (C=O) groups excluding carboxylic acids is 3. The largest absolute Gasteiger partial charge is 0.344 e. The second-order valence-electron chi connectivity index (χ2n) is 7.12. The van der Waals surface area contributed by atoms with Gasteiger partial charge in [0.15, 0.2) is 0 Å². The van der Waals surface area contributed by atoms with Crippen molar-refractivity contribution in [3.05, 3.63) is 69.4 Å². The summed E-state index contributed by atoms with van der Waals surface area (Å²) < 4.78 is 0. The molecule has 0 bridgehead atoms. The van der Waals surface area contributed by atoms with Gasteiger partial charge >= 0.3 is 0 Å². The zero-order valence-corrected chi connectivity index (χ0v) is 18.1. The quantitative estimate of drug-likeness (QED) is 0.532. The lowest BCUT2D eigenvalue weighted by atomic mass is 10.0. The first-order valence-corrected chi connectivity index (χ1v) is 10.7. The van der Waals surface area contributed by atoms with Gasteiger partial charge in [0, 0.05) is 4.88 Å². The highest BCUT2D eigenvalue weighted by Crippen LogP contribution is 2.22. The van der Waals surface area contributed by atoms with Crippen molar-refractivity contribution in [2.45, 2.75) is 39.7 Å². The van der Waals surface area contributed by atoms with Gasteiger partial charge in [-0.05, 0) is 48.2 Å². The van der Waals surface area contributed by atoms with E-state index in [1.165, 1.54) is 11.3 Å². The van der Waals surface area contributed by atoms with Crippen molar-refractivity contribution >= 4 is 39.8 Å². The smallest absolute Gasteiger partial charge is 0.279 e. The first-order valence-electron chi connectivity index (χ1n) is 9.84. The molecule has 3 amide bonds. The van der Waals surface area contributed by atoms with Crippen molar-refractivity contribution in [1.82, 2.24) is 16.2 Å². The van der Waals surface area contributed by atoms with Gasteiger partial charge in [-0.3, -0.25) is 25.2 Å². The van der Waals surface area contributed by atoms with Gasteiger partial charge in [0.25, 0.3) is 11.8 Å². The van der Waals surface area contributed by atoms with E-state index in [9.17, 15) is 14.4 Å². The molecule has 0 radical (unpaired) electrons. The van der Waals surface area contributed by atoms with Gasteiger partial charge in [-0.1, -0.05) is 49.4 Å². The summed E-state index contributed by atoms with van der Waals surface area (Å²) in [4.78, 5) is 38.6. The average molecular weight is 424 g/mol. The highest BCUT2D eigenvalue weighted by Gasteiger charge is 2.18. The van der Waals surface area contributed by atoms with E-state index in [1.807, 2.05) is 56.3 Å². The Morgan fingerprint density at radius 1 is 1.03 bits per heavy atom. The van der Waals surface area contributed by atoms with Crippen LogP contribution in [0.3, 0.4) is 0 Å². The molecule has 30 heavy (non-hydrogen) atoms. The predicted molar refractivity (Wildman–Crippen MR) is 119 cm³/mol. The summed E-state index contributed by atoms with van der Waals surface area (Å²) in [5.74, 6) is -1.12. The van der Waals surface area contributed by atoms with Crippen molar-refractivity contribution in [3.8, 4) is 0 Å². The van der Waals surface area contributed by atoms with Crippen molar-refractivity contribution < 1.29 is 14.4 Å². The molecule has 1 heterocycles. The topological polar surface area (TPSA) is 87.3 Å². The molecule has 0 spiro atoms. The van der Waals surface area contributed by atoms with Gasteiger partial charge in [0.05, 0.1) is 11.3 Å². The van der Waals surface area contributed by atoms with Crippen LogP contribution in [-0.4, -0.2) is 23.8 Å². The zero-order valence-electron chi connectivity index (χ0n) is 17.2. The maximum absolute atomic E-state index is 12.4. The molecule has 1 aromatic heterocycles. The lowest BCUT2D eigenvalue weighted by Crippen LogP contribution is -2.51. The minimum absolute atomic E-state index is 0.166. The second kappa shape index (κ2) is 9.54. The summed E-state index contributed by atoms with van der Waals surface area (Å²) in [7, 11) is 0. The Labute approximate surface area is 179 Å². The summed E-state index contributed by atoms with van der Waals surface area (Å²) in [6.07, 6.45) is 1.02. The summed E-state index contributed by atoms with van der Waals surface area (Å²) in [5.41, 5.74) is 6.75. The molecule has 6 nitrogen and oxygen atoms in total. The lowest BCUT2D eigenvalue weighted by Gasteiger charge is -2.15. The van der Waals surface area contributed by atoms with E-state index in [1.54, 1.807) is 13.0 Å². The van der Waals surface area contributed by atoms with E-state index >= 15 is 0 Å². The van der Waals surface area contributed by atoms with Crippen molar-refractivity contribution in [1.29, 1.82) is 0 Å². The number of hydrogen-bond donors (Lipinski definition) is 3. The molecule has 156 valence electrons. The maximum Gasteiger partial charge on any atom is 0.279 e. The Bertz CT molecular complexity index is 1080. The standard InChI is InChI=1S/C23H25N3O3S/c1-4-19-14(2)12-20(30-19)23(29)26-25-22(28)15(3)24-21(27)13-17-10-7-9-16-8-5-6-11-18(16)17/h5-12,15H,4,13H2,1-3H3,(H,24,27)(H,25,28)(H,26,29)/t15-/m0/s1. The van der Waals surface area contributed by atoms with E-state index in [-0.39, 0.29) is 18.2 Å². The van der Waals surface area contributed by atoms with E-state index < -0.39 is 11.9 Å². The van der Waals surface area contributed by atoms with Crippen LogP contribution < -0.4 is 16.2 Å². The van der Waals surface area contributed by atoms with Crippen LogP contribution in [0.1, 0.15) is 39.5 Å². The molecule has 0 aliphatic carbocycles. The molecule has 2 aromatic carbocycles. The Balaban J connectivity index is 1.53. The van der Waals surface area contributed by atoms with Crippen molar-refractivity contribution in [2.24, 2.45) is 0 Å². The molecular formula is C23H25N3O3S. The molecule has 7 heteroatoms. The van der Waals surface area contributed by atoms with Crippen LogP contribution in [-0.2, 0) is 22.4 Å². The van der Waals surface area contributed by atoms with Crippen molar-refractivity contribution in [2.75, 3.05) is 0 Å². The highest BCUT2D eigenvalue weighted by molar-refractivity contribution is 7.14. The fraction of sp³-hybridized carbons (Fsp3) is 0.261. The molecule has 1 atom stereocenters. The van der Waals surface area contributed by atoms with Crippen LogP contribution in [0.15, 0.2) is 48.5 Å². The number of amides is 3.